The van der Waals surface area contributed by atoms with Crippen molar-refractivity contribution < 1.29 is 13.2 Å². The number of aromatic amines is 1. The largest absolute Gasteiger partial charge is 0.353 e. The van der Waals surface area contributed by atoms with Crippen LogP contribution in [-0.2, 0) is 15.0 Å². The maximum atomic E-state index is 13.7. The first kappa shape index (κ1) is 23.2. The summed E-state index contributed by atoms with van der Waals surface area (Å²) in [6.07, 6.45) is 6.61. The first-order valence-electron chi connectivity index (χ1n) is 11.7. The molecule has 0 radical (unpaired) electrons. The molecule has 2 aromatic rings. The van der Waals surface area contributed by atoms with E-state index in [-0.39, 0.29) is 25.2 Å². The number of aromatic nitrogens is 3. The molecule has 2 saturated heterocycles. The van der Waals surface area contributed by atoms with Gasteiger partial charge in [-0.05, 0) is 38.3 Å². The van der Waals surface area contributed by atoms with Gasteiger partial charge in [0.2, 0.25) is 0 Å². The third-order valence-electron chi connectivity index (χ3n) is 7.45. The fourth-order valence-corrected chi connectivity index (χ4v) is 7.23. The standard InChI is InChI=1S/C22H30N8O3S/c1-28(15-22(6-3-10-27-22)18(31)4-2-9-23)34(32,33)30-13-12-29(14-21(30)7-8-21)20-17-5-11-24-19(17)25-16-26-20/h5,11,16,27H,2-4,6-8,10,12-15H2,1H3,(H,24,25,26)/t22-/m1/s1. The first-order valence-corrected chi connectivity index (χ1v) is 13.1. The molecule has 2 N–H and O–H groups in total. The summed E-state index contributed by atoms with van der Waals surface area (Å²) in [6.45, 7) is 2.19. The fraction of sp³-hybridized carbons (Fsp3) is 0.636. The summed E-state index contributed by atoms with van der Waals surface area (Å²) in [5.74, 6) is 0.735. The lowest BCUT2D eigenvalue weighted by atomic mass is 9.89. The molecular weight excluding hydrogens is 456 g/mol. The van der Waals surface area contributed by atoms with Gasteiger partial charge in [0.05, 0.1) is 22.5 Å². The molecule has 1 spiro atoms. The minimum Gasteiger partial charge on any atom is -0.353 e. The van der Waals surface area contributed by atoms with Gasteiger partial charge in [-0.2, -0.15) is 22.3 Å². The van der Waals surface area contributed by atoms with Crippen molar-refractivity contribution in [2.45, 2.75) is 49.6 Å². The Morgan fingerprint density at radius 3 is 2.82 bits per heavy atom. The minimum absolute atomic E-state index is 0.0752. The molecule has 4 heterocycles. The third kappa shape index (κ3) is 3.86. The molecule has 5 rings (SSSR count). The molecule has 2 aromatic heterocycles. The maximum Gasteiger partial charge on any atom is 0.282 e. The minimum atomic E-state index is -3.78. The van der Waals surface area contributed by atoms with Crippen molar-refractivity contribution in [3.05, 3.63) is 18.6 Å². The van der Waals surface area contributed by atoms with E-state index in [1.165, 1.54) is 10.6 Å². The smallest absolute Gasteiger partial charge is 0.282 e. The van der Waals surface area contributed by atoms with Gasteiger partial charge in [-0.25, -0.2) is 9.97 Å². The number of rotatable bonds is 8. The van der Waals surface area contributed by atoms with E-state index in [9.17, 15) is 13.2 Å². The summed E-state index contributed by atoms with van der Waals surface area (Å²) >= 11 is 0. The summed E-state index contributed by atoms with van der Waals surface area (Å²) in [6, 6.07) is 3.96. The van der Waals surface area contributed by atoms with Gasteiger partial charge in [0.1, 0.15) is 17.8 Å². The Labute approximate surface area is 199 Å². The van der Waals surface area contributed by atoms with E-state index in [0.29, 0.717) is 32.6 Å². The monoisotopic (exact) mass is 486 g/mol. The quantitative estimate of drug-likeness (QED) is 0.558. The summed E-state index contributed by atoms with van der Waals surface area (Å²) in [4.78, 5) is 26.9. The SMILES string of the molecule is CN(C[C@@]1(C(=O)CCC#N)CCCN1)S(=O)(=O)N1CCN(c2ncnc3[nH]ccc23)CC12CC2. The number of nitriles is 1. The van der Waals surface area contributed by atoms with Crippen LogP contribution in [0.4, 0.5) is 5.82 Å². The summed E-state index contributed by atoms with van der Waals surface area (Å²) in [5, 5.41) is 13.1. The Morgan fingerprint density at radius 2 is 2.12 bits per heavy atom. The van der Waals surface area contributed by atoms with Gasteiger partial charge in [0, 0.05) is 52.3 Å². The van der Waals surface area contributed by atoms with Crippen molar-refractivity contribution in [3.63, 3.8) is 0 Å². The van der Waals surface area contributed by atoms with Crippen LogP contribution in [0.1, 0.15) is 38.5 Å². The zero-order valence-corrected chi connectivity index (χ0v) is 20.1. The molecule has 3 aliphatic rings. The number of ketones is 1. The Morgan fingerprint density at radius 1 is 1.29 bits per heavy atom. The lowest BCUT2D eigenvalue weighted by Gasteiger charge is -2.44. The highest BCUT2D eigenvalue weighted by molar-refractivity contribution is 7.86. The predicted molar refractivity (Wildman–Crippen MR) is 126 cm³/mol. The average Bonchev–Trinajstić information content (AvgIpc) is 3.22. The van der Waals surface area contributed by atoms with Crippen LogP contribution in [0.2, 0.25) is 0 Å². The number of piperazine rings is 1. The highest BCUT2D eigenvalue weighted by Crippen LogP contribution is 2.47. The summed E-state index contributed by atoms with van der Waals surface area (Å²) < 4.78 is 30.4. The second-order valence-corrected chi connectivity index (χ2v) is 11.6. The molecule has 0 unspecified atom stereocenters. The maximum absolute atomic E-state index is 13.7. The number of likely N-dealkylation sites (N-methyl/N-ethyl adjacent to an activating group) is 1. The normalized spacial score (nSPS) is 24.7. The lowest BCUT2D eigenvalue weighted by molar-refractivity contribution is -0.125. The molecule has 3 fully saturated rings. The number of fused-ring (bicyclic) bond motifs is 1. The van der Waals surface area contributed by atoms with Gasteiger partial charge in [-0.1, -0.05) is 0 Å². The molecule has 0 aromatic carbocycles. The van der Waals surface area contributed by atoms with Crippen LogP contribution in [0.3, 0.4) is 0 Å². The van der Waals surface area contributed by atoms with Crippen LogP contribution in [-0.4, -0.2) is 88.6 Å². The molecular formula is C22H30N8O3S. The number of hydrogen-bond donors (Lipinski definition) is 2. The van der Waals surface area contributed by atoms with E-state index in [0.717, 1.165) is 36.1 Å². The second-order valence-electron chi connectivity index (χ2n) is 9.61. The molecule has 1 saturated carbocycles. The van der Waals surface area contributed by atoms with Crippen molar-refractivity contribution in [1.29, 1.82) is 5.26 Å². The van der Waals surface area contributed by atoms with Crippen molar-refractivity contribution in [2.75, 3.05) is 44.7 Å². The van der Waals surface area contributed by atoms with Crippen molar-refractivity contribution in [3.8, 4) is 6.07 Å². The van der Waals surface area contributed by atoms with Gasteiger partial charge < -0.3 is 15.2 Å². The van der Waals surface area contributed by atoms with E-state index in [4.69, 9.17) is 5.26 Å². The number of nitrogens with zero attached hydrogens (tertiary/aromatic N) is 6. The zero-order valence-electron chi connectivity index (χ0n) is 19.3. The van der Waals surface area contributed by atoms with Gasteiger partial charge in [0.15, 0.2) is 5.78 Å². The van der Waals surface area contributed by atoms with E-state index >= 15 is 0 Å². The molecule has 182 valence electrons. The number of hydrogen-bond acceptors (Lipinski definition) is 8. The zero-order chi connectivity index (χ0) is 24.0. The lowest BCUT2D eigenvalue weighted by Crippen LogP contribution is -2.62. The highest BCUT2D eigenvalue weighted by atomic mass is 32.2. The molecule has 1 atom stereocenters. The number of carbonyl (C=O) groups is 1. The molecule has 11 nitrogen and oxygen atoms in total. The van der Waals surface area contributed by atoms with Gasteiger partial charge in [-0.15, -0.1) is 0 Å². The van der Waals surface area contributed by atoms with Gasteiger partial charge >= 0.3 is 0 Å². The first-order chi connectivity index (χ1) is 16.3. The van der Waals surface area contributed by atoms with E-state index < -0.39 is 21.3 Å². The average molecular weight is 487 g/mol. The number of anilines is 1. The van der Waals surface area contributed by atoms with E-state index in [2.05, 4.69) is 25.2 Å². The molecule has 1 aliphatic carbocycles. The van der Waals surface area contributed by atoms with E-state index in [1.807, 2.05) is 18.3 Å². The number of carbonyl (C=O) groups excluding carboxylic acids is 1. The highest BCUT2D eigenvalue weighted by Gasteiger charge is 2.57. The Hall–Kier alpha value is -2.59. The summed E-state index contributed by atoms with van der Waals surface area (Å²) in [7, 11) is -2.22. The van der Waals surface area contributed by atoms with Crippen LogP contribution in [0.15, 0.2) is 18.6 Å². The predicted octanol–water partition coefficient (Wildman–Crippen LogP) is 0.784. The van der Waals surface area contributed by atoms with Crippen LogP contribution >= 0.6 is 0 Å². The fourth-order valence-electron chi connectivity index (χ4n) is 5.47. The molecule has 34 heavy (non-hydrogen) atoms. The molecule has 0 amide bonds. The van der Waals surface area contributed by atoms with Crippen molar-refractivity contribution in [1.82, 2.24) is 28.9 Å². The molecule has 2 aliphatic heterocycles. The Kier molecular flexibility index (Phi) is 5.84. The number of H-pyrrole nitrogens is 1. The molecule has 12 heteroatoms. The van der Waals surface area contributed by atoms with E-state index in [1.54, 1.807) is 11.4 Å². The molecule has 0 bridgehead atoms. The van der Waals surface area contributed by atoms with Crippen molar-refractivity contribution >= 4 is 32.8 Å². The Bertz CT molecular complexity index is 1230. The van der Waals surface area contributed by atoms with Crippen LogP contribution < -0.4 is 10.2 Å². The third-order valence-corrected chi connectivity index (χ3v) is 9.50. The van der Waals surface area contributed by atoms with Crippen LogP contribution in [0.25, 0.3) is 11.0 Å². The number of Topliss-reactive ketones (excluding diaryl/α,β-unsaturated/α-hetero) is 1. The Balaban J connectivity index is 1.34. The summed E-state index contributed by atoms with van der Waals surface area (Å²) in [5.41, 5.74) is -0.613. The van der Waals surface area contributed by atoms with Gasteiger partial charge in [-0.3, -0.25) is 4.79 Å². The van der Waals surface area contributed by atoms with Gasteiger partial charge in [0.25, 0.3) is 10.2 Å². The van der Waals surface area contributed by atoms with Crippen molar-refractivity contribution in [2.24, 2.45) is 0 Å². The van der Waals surface area contributed by atoms with Crippen LogP contribution in [0.5, 0.6) is 0 Å². The topological polar surface area (TPSA) is 138 Å². The van der Waals surface area contributed by atoms with Crippen LogP contribution in [0, 0.1) is 11.3 Å². The second kappa shape index (κ2) is 8.57. The number of nitrogens with one attached hydrogen (secondary N) is 2.